The topological polar surface area (TPSA) is 80.0 Å². The fourth-order valence-electron chi connectivity index (χ4n) is 3.45. The average molecular weight is 407 g/mol. The van der Waals surface area contributed by atoms with Crippen molar-refractivity contribution in [3.8, 4) is 5.75 Å². The van der Waals surface area contributed by atoms with Crippen molar-refractivity contribution in [1.82, 2.24) is 0 Å². The van der Waals surface area contributed by atoms with E-state index in [0.717, 1.165) is 0 Å². The van der Waals surface area contributed by atoms with Gasteiger partial charge in [0.2, 0.25) is 0 Å². The number of ether oxygens (including phenoxy) is 1. The molecule has 2 aromatic carbocycles. The van der Waals surface area contributed by atoms with Crippen molar-refractivity contribution in [2.75, 3.05) is 11.5 Å². The summed E-state index contributed by atoms with van der Waals surface area (Å²) in [7, 11) is 0. The third kappa shape index (κ3) is 3.34. The maximum atomic E-state index is 13.4. The number of aliphatic hydroxyl groups is 1. The normalized spacial score (nSPS) is 18.1. The molecule has 0 aliphatic carbocycles. The van der Waals surface area contributed by atoms with Gasteiger partial charge in [0.1, 0.15) is 29.1 Å². The Bertz CT molecular complexity index is 1100. The number of halogens is 1. The van der Waals surface area contributed by atoms with E-state index in [9.17, 15) is 19.1 Å². The summed E-state index contributed by atoms with van der Waals surface area (Å²) in [6, 6.07) is 14.0. The number of carbonyl (C=O) groups is 2. The molecule has 0 radical (unpaired) electrons. The zero-order chi connectivity index (χ0) is 21.3. The first-order valence-corrected chi connectivity index (χ1v) is 9.34. The number of hydrogen-bond acceptors (Lipinski definition) is 5. The lowest BCUT2D eigenvalue weighted by molar-refractivity contribution is -0.132. The highest BCUT2D eigenvalue weighted by Crippen LogP contribution is 2.42. The van der Waals surface area contributed by atoms with Gasteiger partial charge in [-0.05, 0) is 67.6 Å². The molecule has 1 unspecified atom stereocenters. The molecule has 1 aliphatic rings. The van der Waals surface area contributed by atoms with Crippen molar-refractivity contribution in [3.05, 3.63) is 89.6 Å². The molecule has 6 nitrogen and oxygen atoms in total. The van der Waals surface area contributed by atoms with Crippen LogP contribution in [-0.2, 0) is 9.59 Å². The lowest BCUT2D eigenvalue weighted by Gasteiger charge is -2.23. The van der Waals surface area contributed by atoms with Crippen LogP contribution in [0.2, 0.25) is 0 Å². The number of ketones is 1. The highest BCUT2D eigenvalue weighted by molar-refractivity contribution is 6.51. The zero-order valence-corrected chi connectivity index (χ0v) is 16.0. The maximum Gasteiger partial charge on any atom is 0.300 e. The largest absolute Gasteiger partial charge is 0.507 e. The number of aliphatic hydroxyl groups excluding tert-OH is 1. The SMILES string of the molecule is CCOc1ccc(/C(O)=C2/C(=O)C(=O)N(c3ccc(F)cc3)C2c2ccco2)cc1. The van der Waals surface area contributed by atoms with Gasteiger partial charge in [-0.3, -0.25) is 14.5 Å². The third-order valence-corrected chi connectivity index (χ3v) is 4.80. The Balaban J connectivity index is 1.85. The van der Waals surface area contributed by atoms with Crippen LogP contribution in [0.15, 0.2) is 76.9 Å². The third-order valence-electron chi connectivity index (χ3n) is 4.80. The van der Waals surface area contributed by atoms with Crippen molar-refractivity contribution in [2.45, 2.75) is 13.0 Å². The first-order valence-electron chi connectivity index (χ1n) is 9.34. The lowest BCUT2D eigenvalue weighted by Crippen LogP contribution is -2.29. The minimum atomic E-state index is -0.989. The van der Waals surface area contributed by atoms with E-state index in [4.69, 9.17) is 9.15 Å². The van der Waals surface area contributed by atoms with E-state index in [1.807, 2.05) is 6.92 Å². The molecule has 3 aromatic rings. The highest BCUT2D eigenvalue weighted by Gasteiger charge is 2.48. The fraction of sp³-hybridized carbons (Fsp3) is 0.130. The van der Waals surface area contributed by atoms with Gasteiger partial charge in [0, 0.05) is 11.3 Å². The van der Waals surface area contributed by atoms with Gasteiger partial charge in [0.25, 0.3) is 11.7 Å². The Morgan fingerprint density at radius 2 is 1.80 bits per heavy atom. The molecule has 0 spiro atoms. The number of anilines is 1. The van der Waals surface area contributed by atoms with Gasteiger partial charge in [0.15, 0.2) is 0 Å². The molecule has 2 heterocycles. The molecule has 152 valence electrons. The van der Waals surface area contributed by atoms with Crippen LogP contribution in [0.25, 0.3) is 5.76 Å². The molecule has 0 saturated carbocycles. The average Bonchev–Trinajstić information content (AvgIpc) is 3.36. The monoisotopic (exact) mass is 407 g/mol. The Morgan fingerprint density at radius 1 is 1.10 bits per heavy atom. The van der Waals surface area contributed by atoms with Crippen molar-refractivity contribution in [3.63, 3.8) is 0 Å². The second kappa shape index (κ2) is 7.87. The van der Waals surface area contributed by atoms with Crippen LogP contribution < -0.4 is 9.64 Å². The number of furan rings is 1. The molecule has 1 aliphatic heterocycles. The summed E-state index contributed by atoms with van der Waals surface area (Å²) in [5.41, 5.74) is 0.557. The molecule has 4 rings (SSSR count). The van der Waals surface area contributed by atoms with Crippen molar-refractivity contribution < 1.29 is 28.2 Å². The van der Waals surface area contributed by atoms with Gasteiger partial charge in [-0.2, -0.15) is 0 Å². The first kappa shape index (κ1) is 19.4. The minimum absolute atomic E-state index is 0.108. The number of hydrogen-bond donors (Lipinski definition) is 1. The number of benzene rings is 2. The molecule has 7 heteroatoms. The maximum absolute atomic E-state index is 13.4. The summed E-state index contributed by atoms with van der Waals surface area (Å²) in [6.07, 6.45) is 1.41. The van der Waals surface area contributed by atoms with E-state index in [-0.39, 0.29) is 11.3 Å². The smallest absolute Gasteiger partial charge is 0.300 e. The predicted octanol–water partition coefficient (Wildman–Crippen LogP) is 4.44. The summed E-state index contributed by atoms with van der Waals surface area (Å²) >= 11 is 0. The summed E-state index contributed by atoms with van der Waals surface area (Å²) in [4.78, 5) is 26.9. The minimum Gasteiger partial charge on any atom is -0.507 e. The number of rotatable bonds is 5. The van der Waals surface area contributed by atoms with Crippen LogP contribution in [-0.4, -0.2) is 23.4 Å². The van der Waals surface area contributed by atoms with Gasteiger partial charge < -0.3 is 14.3 Å². The molecule has 1 saturated heterocycles. The second-order valence-electron chi connectivity index (χ2n) is 6.62. The predicted molar refractivity (Wildman–Crippen MR) is 108 cm³/mol. The van der Waals surface area contributed by atoms with Gasteiger partial charge in [-0.1, -0.05) is 0 Å². The van der Waals surface area contributed by atoms with Crippen LogP contribution in [0, 0.1) is 5.82 Å². The number of amides is 1. The van der Waals surface area contributed by atoms with Gasteiger partial charge in [-0.25, -0.2) is 4.39 Å². The molecule has 0 bridgehead atoms. The van der Waals surface area contributed by atoms with E-state index < -0.39 is 23.5 Å². The molecule has 1 N–H and O–H groups in total. The summed E-state index contributed by atoms with van der Waals surface area (Å²) < 4.78 is 24.3. The standard InChI is InChI=1S/C23H18FNO5/c1-2-29-17-11-5-14(6-12-17)21(26)19-20(18-4-3-13-30-18)25(23(28)22(19)27)16-9-7-15(24)8-10-16/h3-13,20,26H,2H2,1H3/b21-19-. The van der Waals surface area contributed by atoms with E-state index in [1.54, 1.807) is 36.4 Å². The number of Topliss-reactive ketones (excluding diaryl/α,β-unsaturated/α-hetero) is 1. The Morgan fingerprint density at radius 3 is 2.40 bits per heavy atom. The fourth-order valence-corrected chi connectivity index (χ4v) is 3.45. The van der Waals surface area contributed by atoms with Gasteiger partial charge in [-0.15, -0.1) is 0 Å². The van der Waals surface area contributed by atoms with Crippen LogP contribution in [0.4, 0.5) is 10.1 Å². The Labute approximate surface area is 171 Å². The second-order valence-corrected chi connectivity index (χ2v) is 6.62. The van der Waals surface area contributed by atoms with E-state index in [2.05, 4.69) is 0 Å². The number of nitrogens with zero attached hydrogens (tertiary/aromatic N) is 1. The molecular formula is C23H18FNO5. The highest BCUT2D eigenvalue weighted by atomic mass is 19.1. The Hall–Kier alpha value is -3.87. The van der Waals surface area contributed by atoms with E-state index in [0.29, 0.717) is 29.4 Å². The molecule has 1 fully saturated rings. The number of carbonyl (C=O) groups excluding carboxylic acids is 2. The van der Waals surface area contributed by atoms with E-state index in [1.165, 1.54) is 35.4 Å². The molecule has 1 aromatic heterocycles. The van der Waals surface area contributed by atoms with E-state index >= 15 is 0 Å². The lowest BCUT2D eigenvalue weighted by atomic mass is 9.99. The summed E-state index contributed by atoms with van der Waals surface area (Å²) in [5.74, 6) is -1.58. The van der Waals surface area contributed by atoms with Crippen LogP contribution >= 0.6 is 0 Å². The van der Waals surface area contributed by atoms with Gasteiger partial charge >= 0.3 is 0 Å². The molecule has 30 heavy (non-hydrogen) atoms. The van der Waals surface area contributed by atoms with Gasteiger partial charge in [0.05, 0.1) is 18.4 Å². The van der Waals surface area contributed by atoms with Crippen LogP contribution in [0.5, 0.6) is 5.75 Å². The Kier molecular flexibility index (Phi) is 5.10. The zero-order valence-electron chi connectivity index (χ0n) is 16.0. The van der Waals surface area contributed by atoms with Crippen molar-refractivity contribution in [1.29, 1.82) is 0 Å². The van der Waals surface area contributed by atoms with Crippen molar-refractivity contribution in [2.24, 2.45) is 0 Å². The first-order chi connectivity index (χ1) is 14.5. The van der Waals surface area contributed by atoms with Crippen LogP contribution in [0.3, 0.4) is 0 Å². The summed E-state index contributed by atoms with van der Waals surface area (Å²) in [6.45, 7) is 2.35. The molecule has 1 amide bonds. The van der Waals surface area contributed by atoms with Crippen LogP contribution in [0.1, 0.15) is 24.3 Å². The van der Waals surface area contributed by atoms with Crippen molar-refractivity contribution >= 4 is 23.1 Å². The molecule has 1 atom stereocenters. The molecular weight excluding hydrogens is 389 g/mol. The quantitative estimate of drug-likeness (QED) is 0.384. The summed E-state index contributed by atoms with van der Waals surface area (Å²) in [5, 5.41) is 10.9.